The fraction of sp³-hybridized carbons (Fsp3) is 0.727. The molecule has 0 saturated carbocycles. The highest BCUT2D eigenvalue weighted by atomic mass is 16.5. The number of carbonyl (C=O) groups excluding carboxylic acids is 1. The number of amides is 1. The smallest absolute Gasteiger partial charge is 0.261 e. The molecular formula is C22H32N2O4. The van der Waals surface area contributed by atoms with Gasteiger partial charge in [0.2, 0.25) is 0 Å². The fourth-order valence-electron chi connectivity index (χ4n) is 5.05. The number of rotatable bonds is 2. The quantitative estimate of drug-likeness (QED) is 0.815. The van der Waals surface area contributed by atoms with Crippen molar-refractivity contribution in [2.75, 3.05) is 13.1 Å². The highest BCUT2D eigenvalue weighted by Crippen LogP contribution is 2.39. The number of aromatic nitrogens is 1. The molecule has 2 fully saturated rings. The fourth-order valence-corrected chi connectivity index (χ4v) is 5.05. The molecule has 2 atom stereocenters. The standard InChI is InChI=1S/C22H32N2O4/c1-14(2)19-12-16(25)13-22(28-19)7-9-24(10-8-22)21(27)17-11-15-5-3-4-6-18(15)23-20(17)26/h11,14,16,19,25H,3-10,12-13H2,1-2H3,(H,23,26)/t16-,19-/m1/s1. The van der Waals surface area contributed by atoms with Gasteiger partial charge in [0.1, 0.15) is 5.56 Å². The van der Waals surface area contributed by atoms with Crippen molar-refractivity contribution in [1.82, 2.24) is 9.88 Å². The lowest BCUT2D eigenvalue weighted by Gasteiger charge is -2.48. The first-order chi connectivity index (χ1) is 13.4. The maximum atomic E-state index is 13.0. The van der Waals surface area contributed by atoms with Crippen LogP contribution in [0, 0.1) is 5.92 Å². The summed E-state index contributed by atoms with van der Waals surface area (Å²) in [6.07, 6.45) is 6.48. The van der Waals surface area contributed by atoms with Crippen molar-refractivity contribution in [1.29, 1.82) is 0 Å². The Balaban J connectivity index is 1.47. The number of carbonyl (C=O) groups is 1. The van der Waals surface area contributed by atoms with Crippen LogP contribution in [-0.4, -0.2) is 51.8 Å². The van der Waals surface area contributed by atoms with Gasteiger partial charge in [-0.25, -0.2) is 0 Å². The number of likely N-dealkylation sites (tertiary alicyclic amines) is 1. The van der Waals surface area contributed by atoms with E-state index >= 15 is 0 Å². The summed E-state index contributed by atoms with van der Waals surface area (Å²) < 4.78 is 6.41. The van der Waals surface area contributed by atoms with E-state index in [4.69, 9.17) is 4.74 Å². The summed E-state index contributed by atoms with van der Waals surface area (Å²) >= 11 is 0. The van der Waals surface area contributed by atoms with Crippen molar-refractivity contribution in [3.8, 4) is 0 Å². The molecular weight excluding hydrogens is 356 g/mol. The van der Waals surface area contributed by atoms with Gasteiger partial charge in [-0.3, -0.25) is 9.59 Å². The third-order valence-electron chi connectivity index (χ3n) is 6.79. The Morgan fingerprint density at radius 1 is 1.29 bits per heavy atom. The topological polar surface area (TPSA) is 82.6 Å². The van der Waals surface area contributed by atoms with E-state index in [1.807, 2.05) is 6.07 Å². The Hall–Kier alpha value is -1.66. The number of fused-ring (bicyclic) bond motifs is 1. The molecule has 0 aromatic carbocycles. The van der Waals surface area contributed by atoms with Crippen molar-refractivity contribution >= 4 is 5.91 Å². The number of nitrogens with one attached hydrogen (secondary N) is 1. The van der Waals surface area contributed by atoms with E-state index in [-0.39, 0.29) is 34.8 Å². The molecule has 2 aliphatic heterocycles. The Morgan fingerprint density at radius 2 is 2.00 bits per heavy atom. The summed E-state index contributed by atoms with van der Waals surface area (Å²) in [5, 5.41) is 10.3. The van der Waals surface area contributed by atoms with Crippen LogP contribution in [0.1, 0.15) is 74.0 Å². The number of pyridine rings is 1. The summed E-state index contributed by atoms with van der Waals surface area (Å²) in [7, 11) is 0. The minimum absolute atomic E-state index is 0.0643. The van der Waals surface area contributed by atoms with Crippen LogP contribution in [0.4, 0.5) is 0 Å². The average Bonchev–Trinajstić information content (AvgIpc) is 2.67. The zero-order valence-electron chi connectivity index (χ0n) is 17.0. The van der Waals surface area contributed by atoms with E-state index in [2.05, 4.69) is 18.8 Å². The second-order valence-corrected chi connectivity index (χ2v) is 9.19. The highest BCUT2D eigenvalue weighted by Gasteiger charge is 2.44. The van der Waals surface area contributed by atoms with Crippen molar-refractivity contribution in [2.45, 2.75) is 83.0 Å². The minimum atomic E-state index is -0.342. The number of aliphatic hydroxyl groups is 1. The molecule has 1 spiro atoms. The normalized spacial score (nSPS) is 27.1. The average molecular weight is 389 g/mol. The molecule has 3 aliphatic rings. The van der Waals surface area contributed by atoms with Crippen molar-refractivity contribution < 1.29 is 14.6 Å². The number of ether oxygens (including phenoxy) is 1. The first-order valence-corrected chi connectivity index (χ1v) is 10.8. The molecule has 2 saturated heterocycles. The van der Waals surface area contributed by atoms with Crippen molar-refractivity contribution in [3.05, 3.63) is 33.2 Å². The molecule has 0 unspecified atom stereocenters. The predicted octanol–water partition coefficient (Wildman–Crippen LogP) is 2.42. The third-order valence-corrected chi connectivity index (χ3v) is 6.79. The van der Waals surface area contributed by atoms with E-state index in [1.165, 1.54) is 0 Å². The van der Waals surface area contributed by atoms with Crippen LogP contribution >= 0.6 is 0 Å². The maximum absolute atomic E-state index is 13.0. The first kappa shape index (κ1) is 19.6. The lowest BCUT2D eigenvalue weighted by Crippen LogP contribution is -2.54. The van der Waals surface area contributed by atoms with Crippen LogP contribution in [0.5, 0.6) is 0 Å². The van der Waals surface area contributed by atoms with Crippen molar-refractivity contribution in [3.63, 3.8) is 0 Å². The zero-order chi connectivity index (χ0) is 19.9. The number of piperidine rings is 1. The maximum Gasteiger partial charge on any atom is 0.261 e. The summed E-state index contributed by atoms with van der Waals surface area (Å²) in [4.78, 5) is 30.2. The second kappa shape index (κ2) is 7.64. The molecule has 3 heterocycles. The van der Waals surface area contributed by atoms with E-state index in [9.17, 15) is 14.7 Å². The number of aromatic amines is 1. The van der Waals surface area contributed by atoms with E-state index in [1.54, 1.807) is 4.90 Å². The monoisotopic (exact) mass is 388 g/mol. The van der Waals surface area contributed by atoms with Gasteiger partial charge >= 0.3 is 0 Å². The molecule has 28 heavy (non-hydrogen) atoms. The number of hydrogen-bond donors (Lipinski definition) is 2. The van der Waals surface area contributed by atoms with Gasteiger partial charge in [-0.05, 0) is 62.5 Å². The van der Waals surface area contributed by atoms with Gasteiger partial charge < -0.3 is 19.7 Å². The summed E-state index contributed by atoms with van der Waals surface area (Å²) in [5.74, 6) is 0.182. The zero-order valence-corrected chi connectivity index (χ0v) is 17.0. The van der Waals surface area contributed by atoms with E-state index in [0.717, 1.165) is 36.9 Å². The predicted molar refractivity (Wildman–Crippen MR) is 107 cm³/mol. The van der Waals surface area contributed by atoms with Crippen molar-refractivity contribution in [2.24, 2.45) is 5.92 Å². The van der Waals surface area contributed by atoms with Gasteiger partial charge in [0.25, 0.3) is 11.5 Å². The van der Waals surface area contributed by atoms with Crippen LogP contribution in [0.15, 0.2) is 10.9 Å². The Kier molecular flexibility index (Phi) is 5.36. The minimum Gasteiger partial charge on any atom is -0.393 e. The molecule has 1 amide bonds. The number of nitrogens with zero attached hydrogens (tertiary/aromatic N) is 1. The van der Waals surface area contributed by atoms with Gasteiger partial charge in [0.15, 0.2) is 0 Å². The molecule has 4 rings (SSSR count). The van der Waals surface area contributed by atoms with Gasteiger partial charge in [-0.2, -0.15) is 0 Å². The number of aliphatic hydroxyl groups excluding tert-OH is 1. The summed E-state index contributed by atoms with van der Waals surface area (Å²) in [6.45, 7) is 5.37. The summed E-state index contributed by atoms with van der Waals surface area (Å²) in [6, 6.07) is 1.82. The number of hydrogen-bond acceptors (Lipinski definition) is 4. The van der Waals surface area contributed by atoms with Gasteiger partial charge in [0, 0.05) is 25.2 Å². The van der Waals surface area contributed by atoms with Crippen LogP contribution < -0.4 is 5.56 Å². The molecule has 1 aromatic rings. The molecule has 0 bridgehead atoms. The number of aryl methyl sites for hydroxylation is 2. The molecule has 6 nitrogen and oxygen atoms in total. The Labute approximate surface area is 166 Å². The molecule has 0 radical (unpaired) electrons. The van der Waals surface area contributed by atoms with E-state index < -0.39 is 0 Å². The van der Waals surface area contributed by atoms with Gasteiger partial charge in [-0.15, -0.1) is 0 Å². The second-order valence-electron chi connectivity index (χ2n) is 9.19. The molecule has 1 aromatic heterocycles. The Bertz CT molecular complexity index is 792. The van der Waals surface area contributed by atoms with E-state index in [0.29, 0.717) is 44.7 Å². The molecule has 1 aliphatic carbocycles. The molecule has 154 valence electrons. The first-order valence-electron chi connectivity index (χ1n) is 10.8. The lowest BCUT2D eigenvalue weighted by molar-refractivity contribution is -0.190. The Morgan fingerprint density at radius 3 is 2.71 bits per heavy atom. The van der Waals surface area contributed by atoms with Crippen LogP contribution in [0.2, 0.25) is 0 Å². The third kappa shape index (κ3) is 3.77. The van der Waals surface area contributed by atoms with Crippen LogP contribution in [0.3, 0.4) is 0 Å². The number of H-pyrrole nitrogens is 1. The largest absolute Gasteiger partial charge is 0.393 e. The van der Waals surface area contributed by atoms with Gasteiger partial charge in [-0.1, -0.05) is 13.8 Å². The lowest BCUT2D eigenvalue weighted by atomic mass is 9.80. The van der Waals surface area contributed by atoms with Gasteiger partial charge in [0.05, 0.1) is 17.8 Å². The highest BCUT2D eigenvalue weighted by molar-refractivity contribution is 5.94. The van der Waals surface area contributed by atoms with Crippen LogP contribution in [0.25, 0.3) is 0 Å². The molecule has 6 heteroatoms. The summed E-state index contributed by atoms with van der Waals surface area (Å²) in [5.41, 5.74) is 1.76. The molecule has 2 N–H and O–H groups in total. The van der Waals surface area contributed by atoms with Crippen LogP contribution in [-0.2, 0) is 17.6 Å². The SMILES string of the molecule is CC(C)[C@H]1C[C@@H](O)CC2(CCN(C(=O)c3cc4c([nH]c3=O)CCCC4)CC2)O1.